The number of hydrogen-bond acceptors (Lipinski definition) is 2. The van der Waals surface area contributed by atoms with Crippen molar-refractivity contribution in [2.24, 2.45) is 0 Å². The zero-order chi connectivity index (χ0) is 12.7. The molecule has 0 saturated carbocycles. The maximum absolute atomic E-state index is 12.0. The van der Waals surface area contributed by atoms with Gasteiger partial charge in [0.15, 0.2) is 5.65 Å². The van der Waals surface area contributed by atoms with Crippen molar-refractivity contribution < 1.29 is 0 Å². The quantitative estimate of drug-likeness (QED) is 0.673. The van der Waals surface area contributed by atoms with E-state index >= 15 is 0 Å². The molecule has 0 unspecified atom stereocenters. The van der Waals surface area contributed by atoms with Crippen molar-refractivity contribution in [2.45, 2.75) is 6.92 Å². The Morgan fingerprint density at radius 1 is 1.17 bits per heavy atom. The standard InChI is InChI=1S/C13H10ClN3O/c1-9-8-13(18)17-12(15-9)6-7-16(17)11-4-2-10(14)3-5-11/h2-8H,1H3. The van der Waals surface area contributed by atoms with Crippen molar-refractivity contribution in [2.75, 3.05) is 0 Å². The van der Waals surface area contributed by atoms with Gasteiger partial charge in [0.2, 0.25) is 0 Å². The topological polar surface area (TPSA) is 39.3 Å². The largest absolute Gasteiger partial charge is 0.273 e. The first-order valence-electron chi connectivity index (χ1n) is 5.49. The van der Waals surface area contributed by atoms with E-state index in [1.54, 1.807) is 23.7 Å². The molecule has 0 radical (unpaired) electrons. The average Bonchev–Trinajstić information content (AvgIpc) is 2.74. The van der Waals surface area contributed by atoms with E-state index < -0.39 is 0 Å². The molecule has 2 heterocycles. The fourth-order valence-corrected chi connectivity index (χ4v) is 2.06. The minimum absolute atomic E-state index is 0.0996. The van der Waals surface area contributed by atoms with Crippen LogP contribution < -0.4 is 5.56 Å². The minimum Gasteiger partial charge on any atom is -0.267 e. The van der Waals surface area contributed by atoms with Gasteiger partial charge in [-0.3, -0.25) is 9.48 Å². The van der Waals surface area contributed by atoms with Crippen molar-refractivity contribution >= 4 is 17.2 Å². The van der Waals surface area contributed by atoms with Gasteiger partial charge in [-0.15, -0.1) is 0 Å². The van der Waals surface area contributed by atoms with E-state index in [1.807, 2.05) is 24.4 Å². The Labute approximate surface area is 108 Å². The highest BCUT2D eigenvalue weighted by molar-refractivity contribution is 6.30. The molecule has 0 aliphatic heterocycles. The molecule has 0 fully saturated rings. The minimum atomic E-state index is -0.0996. The van der Waals surface area contributed by atoms with E-state index in [-0.39, 0.29) is 5.56 Å². The molecule has 0 N–H and O–H groups in total. The van der Waals surface area contributed by atoms with Gasteiger partial charge >= 0.3 is 0 Å². The summed E-state index contributed by atoms with van der Waals surface area (Å²) in [5.74, 6) is 0. The second-order valence-corrected chi connectivity index (χ2v) is 4.48. The summed E-state index contributed by atoms with van der Waals surface area (Å²) in [4.78, 5) is 16.3. The van der Waals surface area contributed by atoms with E-state index in [0.29, 0.717) is 16.4 Å². The van der Waals surface area contributed by atoms with Crippen LogP contribution in [0.2, 0.25) is 5.02 Å². The number of benzene rings is 1. The summed E-state index contributed by atoms with van der Waals surface area (Å²) in [6, 6.07) is 10.6. The van der Waals surface area contributed by atoms with Gasteiger partial charge < -0.3 is 0 Å². The monoisotopic (exact) mass is 259 g/mol. The number of fused-ring (bicyclic) bond motifs is 1. The summed E-state index contributed by atoms with van der Waals surface area (Å²) < 4.78 is 3.27. The highest BCUT2D eigenvalue weighted by Crippen LogP contribution is 2.14. The molecule has 1 aromatic carbocycles. The van der Waals surface area contributed by atoms with Crippen LogP contribution in [0.15, 0.2) is 47.4 Å². The first-order valence-corrected chi connectivity index (χ1v) is 5.87. The lowest BCUT2D eigenvalue weighted by atomic mass is 10.3. The zero-order valence-electron chi connectivity index (χ0n) is 9.67. The number of halogens is 1. The molecule has 0 saturated heterocycles. The van der Waals surface area contributed by atoms with Crippen LogP contribution in [0.1, 0.15) is 5.69 Å². The van der Waals surface area contributed by atoms with Gasteiger partial charge in [-0.2, -0.15) is 4.52 Å². The number of nitrogens with zero attached hydrogens (tertiary/aromatic N) is 3. The molecule has 0 amide bonds. The summed E-state index contributed by atoms with van der Waals surface area (Å²) >= 11 is 5.85. The molecule has 0 aliphatic rings. The summed E-state index contributed by atoms with van der Waals surface area (Å²) in [5.41, 5.74) is 2.11. The molecular formula is C13H10ClN3O. The molecule has 4 nitrogen and oxygen atoms in total. The number of aromatic nitrogens is 3. The highest BCUT2D eigenvalue weighted by Gasteiger charge is 2.06. The SMILES string of the molecule is Cc1cc(=O)n2c(ccn2-c2ccc(Cl)cc2)n1. The Morgan fingerprint density at radius 3 is 2.61 bits per heavy atom. The van der Waals surface area contributed by atoms with Crippen LogP contribution >= 0.6 is 11.6 Å². The lowest BCUT2D eigenvalue weighted by molar-refractivity contribution is 0.761. The van der Waals surface area contributed by atoms with Crippen molar-refractivity contribution in [1.29, 1.82) is 0 Å². The van der Waals surface area contributed by atoms with E-state index in [4.69, 9.17) is 11.6 Å². The Hall–Kier alpha value is -2.07. The molecule has 5 heteroatoms. The molecule has 0 spiro atoms. The van der Waals surface area contributed by atoms with Crippen LogP contribution in [0, 0.1) is 6.92 Å². The molecule has 3 aromatic rings. The van der Waals surface area contributed by atoms with E-state index in [9.17, 15) is 4.79 Å². The van der Waals surface area contributed by atoms with Crippen molar-refractivity contribution in [3.8, 4) is 5.69 Å². The van der Waals surface area contributed by atoms with Crippen LogP contribution in [0.3, 0.4) is 0 Å². The summed E-state index contributed by atoms with van der Waals surface area (Å²) in [5, 5.41) is 0.663. The van der Waals surface area contributed by atoms with E-state index in [0.717, 1.165) is 5.69 Å². The number of rotatable bonds is 1. The molecule has 0 aliphatic carbocycles. The third-order valence-corrected chi connectivity index (χ3v) is 2.97. The fraction of sp³-hybridized carbons (Fsp3) is 0.0769. The van der Waals surface area contributed by atoms with Crippen molar-refractivity contribution in [3.05, 3.63) is 63.7 Å². The molecular weight excluding hydrogens is 250 g/mol. The van der Waals surface area contributed by atoms with Crippen molar-refractivity contribution in [1.82, 2.24) is 14.2 Å². The van der Waals surface area contributed by atoms with Crippen LogP contribution in [-0.2, 0) is 0 Å². The Kier molecular flexibility index (Phi) is 2.45. The van der Waals surface area contributed by atoms with Crippen LogP contribution in [0.4, 0.5) is 0 Å². The predicted molar refractivity (Wildman–Crippen MR) is 70.5 cm³/mol. The highest BCUT2D eigenvalue weighted by atomic mass is 35.5. The van der Waals surface area contributed by atoms with E-state index in [2.05, 4.69) is 4.98 Å². The molecule has 18 heavy (non-hydrogen) atoms. The summed E-state index contributed by atoms with van der Waals surface area (Å²) in [6.45, 7) is 1.81. The first-order chi connectivity index (χ1) is 8.65. The summed E-state index contributed by atoms with van der Waals surface area (Å²) in [7, 11) is 0. The Morgan fingerprint density at radius 2 is 1.89 bits per heavy atom. The van der Waals surface area contributed by atoms with Gasteiger partial charge in [0.05, 0.1) is 5.69 Å². The molecule has 3 rings (SSSR count). The first kappa shape index (κ1) is 11.0. The second kappa shape index (κ2) is 3.99. The van der Waals surface area contributed by atoms with Gasteiger partial charge in [-0.05, 0) is 31.2 Å². The van der Waals surface area contributed by atoms with Gasteiger partial charge in [-0.25, -0.2) is 4.98 Å². The normalized spacial score (nSPS) is 11.0. The maximum Gasteiger partial charge on any atom is 0.273 e. The van der Waals surface area contributed by atoms with Crippen LogP contribution in [0.25, 0.3) is 11.3 Å². The third kappa shape index (κ3) is 1.71. The fourth-order valence-electron chi connectivity index (χ4n) is 1.94. The van der Waals surface area contributed by atoms with E-state index in [1.165, 1.54) is 10.6 Å². The molecule has 0 bridgehead atoms. The predicted octanol–water partition coefficient (Wildman–Crippen LogP) is 2.45. The van der Waals surface area contributed by atoms with Gasteiger partial charge in [0, 0.05) is 29.0 Å². The number of hydrogen-bond donors (Lipinski definition) is 0. The maximum atomic E-state index is 12.0. The second-order valence-electron chi connectivity index (χ2n) is 4.04. The van der Waals surface area contributed by atoms with Gasteiger partial charge in [0.1, 0.15) is 0 Å². The smallest absolute Gasteiger partial charge is 0.267 e. The molecule has 2 aromatic heterocycles. The zero-order valence-corrected chi connectivity index (χ0v) is 10.4. The number of aryl methyl sites for hydroxylation is 1. The lowest BCUT2D eigenvalue weighted by Crippen LogP contribution is -2.19. The Balaban J connectivity index is 2.30. The third-order valence-electron chi connectivity index (χ3n) is 2.72. The lowest BCUT2D eigenvalue weighted by Gasteiger charge is -2.06. The van der Waals surface area contributed by atoms with Gasteiger partial charge in [0.25, 0.3) is 5.56 Å². The average molecular weight is 260 g/mol. The van der Waals surface area contributed by atoms with Crippen molar-refractivity contribution in [3.63, 3.8) is 0 Å². The van der Waals surface area contributed by atoms with Crippen LogP contribution in [-0.4, -0.2) is 14.2 Å². The van der Waals surface area contributed by atoms with Crippen LogP contribution in [0.5, 0.6) is 0 Å². The summed E-state index contributed by atoms with van der Waals surface area (Å²) in [6.07, 6.45) is 1.81. The Bertz CT molecular complexity index is 771. The molecule has 90 valence electrons. The molecule has 0 atom stereocenters. The van der Waals surface area contributed by atoms with Gasteiger partial charge in [-0.1, -0.05) is 11.6 Å².